The summed E-state index contributed by atoms with van der Waals surface area (Å²) in [5, 5.41) is 6.81. The number of amides is 1. The third-order valence-electron chi connectivity index (χ3n) is 3.37. The maximum Gasteiger partial charge on any atom is 0.251 e. The molecule has 0 saturated heterocycles. The average molecular weight is 299 g/mol. The molecule has 5 nitrogen and oxygen atoms in total. The zero-order valence-electron chi connectivity index (χ0n) is 13.2. The second-order valence-corrected chi connectivity index (χ2v) is 6.26. The van der Waals surface area contributed by atoms with Crippen LogP contribution in [-0.4, -0.2) is 28.0 Å². The van der Waals surface area contributed by atoms with Crippen LogP contribution in [0.5, 0.6) is 0 Å². The van der Waals surface area contributed by atoms with Crippen molar-refractivity contribution in [1.82, 2.24) is 15.1 Å². The molecule has 1 N–H and O–H groups in total. The topological polar surface area (TPSA) is 64.0 Å². The van der Waals surface area contributed by atoms with Crippen LogP contribution in [0.2, 0.25) is 0 Å². The number of nitrogens with zero attached hydrogens (tertiary/aromatic N) is 2. The lowest BCUT2D eigenvalue weighted by Crippen LogP contribution is -2.35. The average Bonchev–Trinajstić information content (AvgIpc) is 2.97. The Balaban J connectivity index is 1.92. The van der Waals surface area contributed by atoms with Gasteiger partial charge >= 0.3 is 0 Å². The monoisotopic (exact) mass is 299 g/mol. The van der Waals surface area contributed by atoms with E-state index in [4.69, 9.17) is 0 Å². The summed E-state index contributed by atoms with van der Waals surface area (Å²) in [6, 6.07) is 9.17. The van der Waals surface area contributed by atoms with Crippen LogP contribution < -0.4 is 5.32 Å². The molecule has 2 aromatic rings. The molecule has 0 radical (unpaired) electrons. The van der Waals surface area contributed by atoms with Crippen LogP contribution in [0, 0.1) is 5.41 Å². The highest BCUT2D eigenvalue weighted by Crippen LogP contribution is 2.13. The highest BCUT2D eigenvalue weighted by molar-refractivity contribution is 5.97. The number of nitrogens with one attached hydrogen (secondary N) is 1. The number of Topliss-reactive ketones (excluding diaryl/α,β-unsaturated/α-hetero) is 1. The van der Waals surface area contributed by atoms with Crippen molar-refractivity contribution in [2.45, 2.75) is 27.3 Å². The highest BCUT2D eigenvalue weighted by atomic mass is 16.2. The van der Waals surface area contributed by atoms with Crippen LogP contribution in [0.1, 0.15) is 36.7 Å². The van der Waals surface area contributed by atoms with E-state index in [1.165, 1.54) is 0 Å². The van der Waals surface area contributed by atoms with E-state index in [2.05, 4.69) is 10.4 Å². The van der Waals surface area contributed by atoms with E-state index in [-0.39, 0.29) is 18.2 Å². The number of benzene rings is 1. The fourth-order valence-electron chi connectivity index (χ4n) is 1.87. The van der Waals surface area contributed by atoms with Gasteiger partial charge in [0.25, 0.3) is 5.91 Å². The third-order valence-corrected chi connectivity index (χ3v) is 3.37. The van der Waals surface area contributed by atoms with E-state index in [1.807, 2.05) is 49.8 Å². The smallest absolute Gasteiger partial charge is 0.251 e. The summed E-state index contributed by atoms with van der Waals surface area (Å²) in [5.41, 5.74) is 1.16. The van der Waals surface area contributed by atoms with Gasteiger partial charge in [0.1, 0.15) is 0 Å². The SMILES string of the molecule is CC(C)(C)C(=O)CNC(=O)c1ccc(Cn2cccn2)cc1. The first-order chi connectivity index (χ1) is 10.4. The summed E-state index contributed by atoms with van der Waals surface area (Å²) < 4.78 is 1.82. The van der Waals surface area contributed by atoms with E-state index >= 15 is 0 Å². The molecule has 0 atom stereocenters. The Morgan fingerprint density at radius 3 is 2.41 bits per heavy atom. The molecule has 1 heterocycles. The van der Waals surface area contributed by atoms with Crippen molar-refractivity contribution in [3.63, 3.8) is 0 Å². The molecule has 0 aliphatic carbocycles. The quantitative estimate of drug-likeness (QED) is 0.921. The molecular formula is C17H21N3O2. The van der Waals surface area contributed by atoms with Gasteiger partial charge in [-0.15, -0.1) is 0 Å². The Kier molecular flexibility index (Phi) is 4.75. The van der Waals surface area contributed by atoms with Gasteiger partial charge in [-0.3, -0.25) is 14.3 Å². The molecule has 116 valence electrons. The van der Waals surface area contributed by atoms with Crippen LogP contribution in [0.15, 0.2) is 42.7 Å². The van der Waals surface area contributed by atoms with Gasteiger partial charge < -0.3 is 5.32 Å². The number of carbonyl (C=O) groups excluding carboxylic acids is 2. The lowest BCUT2D eigenvalue weighted by atomic mass is 9.91. The molecule has 0 saturated carbocycles. The summed E-state index contributed by atoms with van der Waals surface area (Å²) in [5.74, 6) is -0.223. The molecule has 0 spiro atoms. The van der Waals surface area contributed by atoms with E-state index in [0.29, 0.717) is 12.1 Å². The maximum atomic E-state index is 12.0. The lowest BCUT2D eigenvalue weighted by molar-refractivity contribution is -0.125. The van der Waals surface area contributed by atoms with Gasteiger partial charge in [0.05, 0.1) is 13.1 Å². The van der Waals surface area contributed by atoms with Crippen LogP contribution in [0.3, 0.4) is 0 Å². The molecule has 0 unspecified atom stereocenters. The first-order valence-electron chi connectivity index (χ1n) is 7.24. The zero-order valence-corrected chi connectivity index (χ0v) is 13.2. The molecular weight excluding hydrogens is 278 g/mol. The predicted octanol–water partition coefficient (Wildman–Crippen LogP) is 2.28. The highest BCUT2D eigenvalue weighted by Gasteiger charge is 2.21. The summed E-state index contributed by atoms with van der Waals surface area (Å²) >= 11 is 0. The Bertz CT molecular complexity index is 638. The van der Waals surface area contributed by atoms with Gasteiger partial charge in [-0.25, -0.2) is 0 Å². The summed E-state index contributed by atoms with van der Waals surface area (Å²) in [6.45, 7) is 6.23. The number of rotatable bonds is 5. The second-order valence-electron chi connectivity index (χ2n) is 6.26. The summed E-state index contributed by atoms with van der Waals surface area (Å²) in [4.78, 5) is 23.8. The minimum atomic E-state index is -0.444. The van der Waals surface area contributed by atoms with Crippen LogP contribution >= 0.6 is 0 Å². The third kappa shape index (κ3) is 4.28. The van der Waals surface area contributed by atoms with Gasteiger partial charge in [-0.05, 0) is 23.8 Å². The number of carbonyl (C=O) groups is 2. The minimum absolute atomic E-state index is 0.0103. The zero-order chi connectivity index (χ0) is 16.2. The molecule has 1 aromatic carbocycles. The molecule has 0 fully saturated rings. The minimum Gasteiger partial charge on any atom is -0.345 e. The Labute approximate surface area is 130 Å². The van der Waals surface area contributed by atoms with Crippen LogP contribution in [0.25, 0.3) is 0 Å². The van der Waals surface area contributed by atoms with Crippen molar-refractivity contribution in [2.24, 2.45) is 5.41 Å². The standard InChI is InChI=1S/C17H21N3O2/c1-17(2,3)15(21)11-18-16(22)14-7-5-13(6-8-14)12-20-10-4-9-19-20/h4-10H,11-12H2,1-3H3,(H,18,22). The van der Waals surface area contributed by atoms with Crippen molar-refractivity contribution < 1.29 is 9.59 Å². The number of hydrogen-bond acceptors (Lipinski definition) is 3. The number of hydrogen-bond donors (Lipinski definition) is 1. The lowest BCUT2D eigenvalue weighted by Gasteiger charge is -2.16. The number of aromatic nitrogens is 2. The van der Waals surface area contributed by atoms with E-state index < -0.39 is 5.41 Å². The first kappa shape index (κ1) is 15.9. The number of ketones is 1. The molecule has 22 heavy (non-hydrogen) atoms. The molecule has 1 amide bonds. The molecule has 0 bridgehead atoms. The molecule has 0 aliphatic heterocycles. The van der Waals surface area contributed by atoms with Crippen LogP contribution in [-0.2, 0) is 11.3 Å². The van der Waals surface area contributed by atoms with Gasteiger partial charge in [0, 0.05) is 23.4 Å². The van der Waals surface area contributed by atoms with Crippen LogP contribution in [0.4, 0.5) is 0 Å². The maximum absolute atomic E-state index is 12.0. The van der Waals surface area contributed by atoms with Gasteiger partial charge in [-0.2, -0.15) is 5.10 Å². The fourth-order valence-corrected chi connectivity index (χ4v) is 1.87. The second kappa shape index (κ2) is 6.56. The molecule has 0 aliphatic rings. The van der Waals surface area contributed by atoms with Gasteiger partial charge in [0.2, 0.25) is 0 Å². The fraction of sp³-hybridized carbons (Fsp3) is 0.353. The largest absolute Gasteiger partial charge is 0.345 e. The first-order valence-corrected chi connectivity index (χ1v) is 7.24. The van der Waals surface area contributed by atoms with E-state index in [1.54, 1.807) is 18.3 Å². The predicted molar refractivity (Wildman–Crippen MR) is 84.6 cm³/mol. The molecule has 1 aromatic heterocycles. The van der Waals surface area contributed by atoms with Crippen molar-refractivity contribution >= 4 is 11.7 Å². The van der Waals surface area contributed by atoms with E-state index in [9.17, 15) is 9.59 Å². The van der Waals surface area contributed by atoms with E-state index in [0.717, 1.165) is 5.56 Å². The van der Waals surface area contributed by atoms with Crippen molar-refractivity contribution in [3.8, 4) is 0 Å². The Hall–Kier alpha value is -2.43. The van der Waals surface area contributed by atoms with Crippen molar-refractivity contribution in [1.29, 1.82) is 0 Å². The summed E-state index contributed by atoms with van der Waals surface area (Å²) in [6.07, 6.45) is 3.62. The van der Waals surface area contributed by atoms with Crippen molar-refractivity contribution in [3.05, 3.63) is 53.9 Å². The van der Waals surface area contributed by atoms with Gasteiger partial charge in [-0.1, -0.05) is 32.9 Å². The molecule has 5 heteroatoms. The normalized spacial score (nSPS) is 11.2. The summed E-state index contributed by atoms with van der Waals surface area (Å²) in [7, 11) is 0. The van der Waals surface area contributed by atoms with Crippen molar-refractivity contribution in [2.75, 3.05) is 6.54 Å². The Morgan fingerprint density at radius 2 is 1.86 bits per heavy atom. The van der Waals surface area contributed by atoms with Gasteiger partial charge in [0.15, 0.2) is 5.78 Å². The Morgan fingerprint density at radius 1 is 1.18 bits per heavy atom. The molecule has 2 rings (SSSR count).